The molecule has 0 aliphatic heterocycles. The number of rotatable bonds is 8. The zero-order chi connectivity index (χ0) is 19.1. The first kappa shape index (κ1) is 19.5. The van der Waals surface area contributed by atoms with E-state index in [-0.39, 0.29) is 18.4 Å². The molecule has 0 saturated carbocycles. The monoisotopic (exact) mass is 359 g/mol. The fourth-order valence-corrected chi connectivity index (χ4v) is 2.39. The summed E-state index contributed by atoms with van der Waals surface area (Å²) in [5.74, 6) is 1.42. The first-order valence-electron chi connectivity index (χ1n) is 8.55. The van der Waals surface area contributed by atoms with Gasteiger partial charge in [-0.05, 0) is 37.5 Å². The number of aryl methyl sites for hydroxylation is 1. The van der Waals surface area contributed by atoms with Crippen molar-refractivity contribution in [3.63, 3.8) is 0 Å². The largest absolute Gasteiger partial charge is 0.497 e. The summed E-state index contributed by atoms with van der Waals surface area (Å²) >= 11 is 0. The van der Waals surface area contributed by atoms with Crippen molar-refractivity contribution in [1.82, 2.24) is 10.1 Å². The minimum absolute atomic E-state index is 0.0608. The lowest BCUT2D eigenvalue weighted by molar-refractivity contribution is -0.117. The smallest absolute Gasteiger partial charge is 0.254 e. The summed E-state index contributed by atoms with van der Waals surface area (Å²) < 4.78 is 10.1. The Kier molecular flexibility index (Phi) is 6.77. The number of nitrogens with zero attached hydrogens (tertiary/aromatic N) is 2. The van der Waals surface area contributed by atoms with Crippen molar-refractivity contribution >= 4 is 17.6 Å². The van der Waals surface area contributed by atoms with E-state index in [1.165, 1.54) is 4.90 Å². The van der Waals surface area contributed by atoms with E-state index in [0.29, 0.717) is 35.4 Å². The molecule has 26 heavy (non-hydrogen) atoms. The summed E-state index contributed by atoms with van der Waals surface area (Å²) in [5, 5.41) is 6.38. The molecule has 2 amide bonds. The second-order valence-corrected chi connectivity index (χ2v) is 6.51. The maximum absolute atomic E-state index is 12.9. The van der Waals surface area contributed by atoms with E-state index < -0.39 is 0 Å². The van der Waals surface area contributed by atoms with Crippen LogP contribution in [0.5, 0.6) is 5.75 Å². The number of aromatic nitrogens is 1. The molecule has 7 heteroatoms. The molecule has 0 atom stereocenters. The molecule has 1 heterocycles. The zero-order valence-electron chi connectivity index (χ0n) is 15.6. The van der Waals surface area contributed by atoms with Crippen LogP contribution in [0.25, 0.3) is 0 Å². The Labute approximate surface area is 153 Å². The Hall–Kier alpha value is -2.83. The molecule has 2 rings (SSSR count). The summed E-state index contributed by atoms with van der Waals surface area (Å²) in [6.45, 7) is 6.32. The third kappa shape index (κ3) is 5.61. The molecule has 1 N–H and O–H groups in total. The van der Waals surface area contributed by atoms with Crippen LogP contribution < -0.4 is 10.1 Å². The molecule has 140 valence electrons. The van der Waals surface area contributed by atoms with Crippen molar-refractivity contribution in [2.75, 3.05) is 25.5 Å². The van der Waals surface area contributed by atoms with Gasteiger partial charge in [0.1, 0.15) is 18.1 Å². The average molecular weight is 359 g/mol. The van der Waals surface area contributed by atoms with Gasteiger partial charge in [-0.2, -0.15) is 0 Å². The summed E-state index contributed by atoms with van der Waals surface area (Å²) in [7, 11) is 1.55. The number of benzene rings is 1. The second kappa shape index (κ2) is 9.03. The molecule has 0 radical (unpaired) electrons. The summed E-state index contributed by atoms with van der Waals surface area (Å²) in [6.07, 6.45) is 0.798. The SMILES string of the molecule is COc1cccc(C(=O)N(CCC(C)C)CC(=O)Nc2cc(C)on2)c1. The number of hydrogen-bond donors (Lipinski definition) is 1. The number of methoxy groups -OCH3 is 1. The molecule has 0 bridgehead atoms. The topological polar surface area (TPSA) is 84.7 Å². The summed E-state index contributed by atoms with van der Waals surface area (Å²) in [4.78, 5) is 26.7. The van der Waals surface area contributed by atoms with Crippen LogP contribution in [0.3, 0.4) is 0 Å². The standard InChI is InChI=1S/C19H25N3O4/c1-13(2)8-9-22(12-18(23)20-17-10-14(3)26-21-17)19(24)15-6-5-7-16(11-15)25-4/h5-7,10-11,13H,8-9,12H2,1-4H3,(H,20,21,23). The van der Waals surface area contributed by atoms with Crippen molar-refractivity contribution in [2.24, 2.45) is 5.92 Å². The second-order valence-electron chi connectivity index (χ2n) is 6.51. The predicted molar refractivity (Wildman–Crippen MR) is 98.2 cm³/mol. The van der Waals surface area contributed by atoms with E-state index in [1.807, 2.05) is 0 Å². The maximum atomic E-state index is 12.9. The number of nitrogens with one attached hydrogen (secondary N) is 1. The molecule has 0 aliphatic rings. The van der Waals surface area contributed by atoms with Gasteiger partial charge >= 0.3 is 0 Å². The van der Waals surface area contributed by atoms with E-state index in [0.717, 1.165) is 6.42 Å². The molecule has 0 aliphatic carbocycles. The third-order valence-electron chi connectivity index (χ3n) is 3.81. The van der Waals surface area contributed by atoms with Crippen LogP contribution in [0.1, 0.15) is 36.4 Å². The van der Waals surface area contributed by atoms with Gasteiger partial charge in [0.2, 0.25) is 5.91 Å². The van der Waals surface area contributed by atoms with E-state index in [9.17, 15) is 9.59 Å². The highest BCUT2D eigenvalue weighted by Gasteiger charge is 2.20. The molecular formula is C19H25N3O4. The molecule has 1 aromatic carbocycles. The number of ether oxygens (including phenoxy) is 1. The van der Waals surface area contributed by atoms with Gasteiger partial charge in [0.05, 0.1) is 7.11 Å². The average Bonchev–Trinajstić information content (AvgIpc) is 3.02. The zero-order valence-corrected chi connectivity index (χ0v) is 15.6. The van der Waals surface area contributed by atoms with Gasteiger partial charge in [-0.15, -0.1) is 0 Å². The number of carbonyl (C=O) groups excluding carboxylic acids is 2. The lowest BCUT2D eigenvalue weighted by Gasteiger charge is -2.23. The minimum atomic E-state index is -0.321. The van der Waals surface area contributed by atoms with Crippen LogP contribution in [-0.2, 0) is 4.79 Å². The van der Waals surface area contributed by atoms with Gasteiger partial charge in [0.15, 0.2) is 5.82 Å². The van der Waals surface area contributed by atoms with Gasteiger partial charge in [0.25, 0.3) is 5.91 Å². The number of hydrogen-bond acceptors (Lipinski definition) is 5. The highest BCUT2D eigenvalue weighted by Crippen LogP contribution is 2.16. The van der Waals surface area contributed by atoms with Crippen molar-refractivity contribution < 1.29 is 18.8 Å². The first-order chi connectivity index (χ1) is 12.4. The molecule has 0 saturated heterocycles. The van der Waals surface area contributed by atoms with Crippen molar-refractivity contribution in [3.05, 3.63) is 41.7 Å². The summed E-state index contributed by atoms with van der Waals surface area (Å²) in [6, 6.07) is 8.54. The lowest BCUT2D eigenvalue weighted by atomic mass is 10.1. The molecule has 1 aromatic heterocycles. The number of carbonyl (C=O) groups is 2. The van der Waals surface area contributed by atoms with Crippen LogP contribution in [0.2, 0.25) is 0 Å². The fraction of sp³-hybridized carbons (Fsp3) is 0.421. The Morgan fingerprint density at radius 2 is 2.08 bits per heavy atom. The first-order valence-corrected chi connectivity index (χ1v) is 8.55. The van der Waals surface area contributed by atoms with E-state index in [4.69, 9.17) is 9.26 Å². The van der Waals surface area contributed by atoms with E-state index >= 15 is 0 Å². The Bertz CT molecular complexity index is 755. The third-order valence-corrected chi connectivity index (χ3v) is 3.81. The highest BCUT2D eigenvalue weighted by molar-refractivity contribution is 5.99. The van der Waals surface area contributed by atoms with Crippen molar-refractivity contribution in [1.29, 1.82) is 0 Å². The highest BCUT2D eigenvalue weighted by atomic mass is 16.5. The lowest BCUT2D eigenvalue weighted by Crippen LogP contribution is -2.39. The van der Waals surface area contributed by atoms with Crippen LogP contribution in [0.4, 0.5) is 5.82 Å². The molecule has 0 spiro atoms. The van der Waals surface area contributed by atoms with Gasteiger partial charge < -0.3 is 19.5 Å². The Morgan fingerprint density at radius 1 is 1.31 bits per heavy atom. The fourth-order valence-electron chi connectivity index (χ4n) is 2.39. The van der Waals surface area contributed by atoms with Gasteiger partial charge in [0, 0.05) is 18.2 Å². The molecule has 7 nitrogen and oxygen atoms in total. The normalized spacial score (nSPS) is 10.7. The Morgan fingerprint density at radius 3 is 2.69 bits per heavy atom. The van der Waals surface area contributed by atoms with Crippen LogP contribution in [0, 0.1) is 12.8 Å². The van der Waals surface area contributed by atoms with Crippen LogP contribution in [-0.4, -0.2) is 42.1 Å². The minimum Gasteiger partial charge on any atom is -0.497 e. The molecule has 2 aromatic rings. The number of amides is 2. The quantitative estimate of drug-likeness (QED) is 0.783. The molecule has 0 unspecified atom stereocenters. The summed E-state index contributed by atoms with van der Waals surface area (Å²) in [5.41, 5.74) is 0.484. The van der Waals surface area contributed by atoms with Gasteiger partial charge in [-0.1, -0.05) is 25.1 Å². The number of anilines is 1. The van der Waals surface area contributed by atoms with E-state index in [2.05, 4.69) is 24.3 Å². The predicted octanol–water partition coefficient (Wildman–Crippen LogP) is 3.12. The molecular weight excluding hydrogens is 334 g/mol. The van der Waals surface area contributed by atoms with Gasteiger partial charge in [-0.3, -0.25) is 9.59 Å². The van der Waals surface area contributed by atoms with E-state index in [1.54, 1.807) is 44.4 Å². The molecule has 0 fully saturated rings. The van der Waals surface area contributed by atoms with Crippen molar-refractivity contribution in [2.45, 2.75) is 27.2 Å². The van der Waals surface area contributed by atoms with Crippen LogP contribution >= 0.6 is 0 Å². The van der Waals surface area contributed by atoms with Gasteiger partial charge in [-0.25, -0.2) is 0 Å². The van der Waals surface area contributed by atoms with Crippen molar-refractivity contribution in [3.8, 4) is 5.75 Å². The van der Waals surface area contributed by atoms with Crippen LogP contribution in [0.15, 0.2) is 34.9 Å². The maximum Gasteiger partial charge on any atom is 0.254 e. The Balaban J connectivity index is 2.10.